The van der Waals surface area contributed by atoms with E-state index in [0.29, 0.717) is 49.0 Å². The number of ether oxygens (including phenoxy) is 1. The van der Waals surface area contributed by atoms with Gasteiger partial charge in [0.15, 0.2) is 22.8 Å². The Balaban J connectivity index is 1.99. The summed E-state index contributed by atoms with van der Waals surface area (Å²) in [6.45, 7) is 18.5. The van der Waals surface area contributed by atoms with Crippen LogP contribution in [0, 0.1) is 22.2 Å². The van der Waals surface area contributed by atoms with Crippen LogP contribution in [0.2, 0.25) is 0 Å². The second-order valence-electron chi connectivity index (χ2n) is 14.6. The summed E-state index contributed by atoms with van der Waals surface area (Å²) in [5.41, 5.74) is 0.379. The third kappa shape index (κ3) is 5.31. The maximum atomic E-state index is 15.3. The fraction of sp³-hybridized carbons (Fsp3) is 0.553. The second kappa shape index (κ2) is 11.6. The molecule has 1 fully saturated rings. The molecule has 1 aliphatic heterocycles. The summed E-state index contributed by atoms with van der Waals surface area (Å²) in [6.07, 6.45) is 11.3. The van der Waals surface area contributed by atoms with Gasteiger partial charge in [0.05, 0.1) is 5.41 Å². The van der Waals surface area contributed by atoms with E-state index >= 15 is 4.79 Å². The molecule has 0 aromatic heterocycles. The lowest BCUT2D eigenvalue weighted by Gasteiger charge is -2.61. The van der Waals surface area contributed by atoms with Gasteiger partial charge in [0, 0.05) is 11.1 Å². The van der Waals surface area contributed by atoms with Gasteiger partial charge in [-0.3, -0.25) is 14.4 Å². The molecule has 1 heterocycles. The Bertz CT molecular complexity index is 1380. The molecule has 0 amide bonds. The molecular weight excluding hydrogens is 520 g/mol. The van der Waals surface area contributed by atoms with Crippen molar-refractivity contribution in [1.29, 1.82) is 0 Å². The first kappa shape index (κ1) is 31.9. The van der Waals surface area contributed by atoms with Gasteiger partial charge in [0.25, 0.3) is 0 Å². The number of hydrogen-bond acceptors (Lipinski definition) is 4. The summed E-state index contributed by atoms with van der Waals surface area (Å²) >= 11 is 0. The van der Waals surface area contributed by atoms with E-state index in [2.05, 4.69) is 52.8 Å². The van der Waals surface area contributed by atoms with E-state index in [-0.39, 0.29) is 23.3 Å². The van der Waals surface area contributed by atoms with Gasteiger partial charge in [0.1, 0.15) is 11.4 Å². The SMILES string of the molecule is CC(C)=CCCC(C)=CCC12CC(CC=C(C)C)C(C)(C)C(C(=O)c3ccccc3)(C(=O)C3=C1OC(C)(C)CC3)C2=O. The predicted molar refractivity (Wildman–Crippen MR) is 170 cm³/mol. The van der Waals surface area contributed by atoms with Crippen molar-refractivity contribution in [3.63, 3.8) is 0 Å². The largest absolute Gasteiger partial charge is 0.491 e. The van der Waals surface area contributed by atoms with E-state index in [4.69, 9.17) is 4.74 Å². The van der Waals surface area contributed by atoms with E-state index in [1.54, 1.807) is 24.3 Å². The minimum atomic E-state index is -1.81. The van der Waals surface area contributed by atoms with E-state index in [1.807, 2.05) is 33.8 Å². The van der Waals surface area contributed by atoms with Gasteiger partial charge in [-0.05, 0) is 105 Å². The molecule has 226 valence electrons. The topological polar surface area (TPSA) is 60.4 Å². The Labute approximate surface area is 253 Å². The van der Waals surface area contributed by atoms with Gasteiger partial charge in [-0.25, -0.2) is 0 Å². The Morgan fingerprint density at radius 1 is 0.929 bits per heavy atom. The highest BCUT2D eigenvalue weighted by atomic mass is 16.5. The van der Waals surface area contributed by atoms with Crippen molar-refractivity contribution in [2.75, 3.05) is 0 Å². The quantitative estimate of drug-likeness (QED) is 0.169. The van der Waals surface area contributed by atoms with E-state index in [1.165, 1.54) is 16.7 Å². The van der Waals surface area contributed by atoms with Crippen LogP contribution in [0.1, 0.15) is 118 Å². The van der Waals surface area contributed by atoms with Crippen molar-refractivity contribution in [2.45, 2.75) is 113 Å². The Hall–Kier alpha value is -3.01. The van der Waals surface area contributed by atoms with Gasteiger partial charge in [-0.15, -0.1) is 0 Å². The number of benzene rings is 1. The van der Waals surface area contributed by atoms with E-state index < -0.39 is 21.8 Å². The minimum Gasteiger partial charge on any atom is -0.491 e. The molecule has 0 saturated heterocycles. The Morgan fingerprint density at radius 2 is 1.57 bits per heavy atom. The maximum Gasteiger partial charge on any atom is 0.184 e. The zero-order valence-corrected chi connectivity index (χ0v) is 27.3. The van der Waals surface area contributed by atoms with Crippen LogP contribution in [0.5, 0.6) is 0 Å². The monoisotopic (exact) mass is 570 g/mol. The van der Waals surface area contributed by atoms with Gasteiger partial charge >= 0.3 is 0 Å². The number of rotatable bonds is 9. The summed E-state index contributed by atoms with van der Waals surface area (Å²) in [5, 5.41) is 0. The summed E-state index contributed by atoms with van der Waals surface area (Å²) in [7, 11) is 0. The average Bonchev–Trinajstić information content (AvgIpc) is 2.91. The Morgan fingerprint density at radius 3 is 2.19 bits per heavy atom. The smallest absolute Gasteiger partial charge is 0.184 e. The van der Waals surface area contributed by atoms with Crippen LogP contribution in [-0.2, 0) is 14.3 Å². The fourth-order valence-corrected chi connectivity index (χ4v) is 7.44. The van der Waals surface area contributed by atoms with Crippen LogP contribution < -0.4 is 0 Å². The number of hydrogen-bond donors (Lipinski definition) is 0. The zero-order chi connectivity index (χ0) is 31.1. The molecule has 0 N–H and O–H groups in total. The number of carbonyl (C=O) groups excluding carboxylic acids is 3. The fourth-order valence-electron chi connectivity index (χ4n) is 7.44. The lowest BCUT2D eigenvalue weighted by Crippen LogP contribution is -2.70. The standard InChI is InChI=1S/C38H50O4/c1-25(2)14-13-15-27(5)20-23-37-24-29(19-18-26(3)4)36(8,9)38(34(37)41,31(39)28-16-11-10-12-17-28)32(40)30-21-22-35(6,7)42-33(30)37/h10-12,14,16-18,20,29H,13,15,19,21-24H2,1-9H3. The highest BCUT2D eigenvalue weighted by Crippen LogP contribution is 2.67. The third-order valence-electron chi connectivity index (χ3n) is 10.1. The molecule has 42 heavy (non-hydrogen) atoms. The second-order valence-corrected chi connectivity index (χ2v) is 14.6. The minimum absolute atomic E-state index is 0.0798. The number of Topliss-reactive ketones (excluding diaryl/α,β-unsaturated/α-hetero) is 3. The number of fused-ring (bicyclic) bond motifs is 3. The first-order valence-electron chi connectivity index (χ1n) is 15.6. The summed E-state index contributed by atoms with van der Waals surface area (Å²) in [6, 6.07) is 8.95. The molecule has 4 heteroatoms. The van der Waals surface area contributed by atoms with Crippen LogP contribution in [-0.4, -0.2) is 23.0 Å². The molecule has 4 nitrogen and oxygen atoms in total. The van der Waals surface area contributed by atoms with E-state index in [0.717, 1.165) is 12.8 Å². The van der Waals surface area contributed by atoms with Crippen molar-refractivity contribution in [1.82, 2.24) is 0 Å². The van der Waals surface area contributed by atoms with Gasteiger partial charge in [0.2, 0.25) is 0 Å². The third-order valence-corrected chi connectivity index (χ3v) is 10.1. The molecule has 1 aromatic carbocycles. The molecule has 4 rings (SSSR count). The normalized spacial score (nSPS) is 28.0. The molecule has 2 bridgehead atoms. The van der Waals surface area contributed by atoms with Crippen molar-refractivity contribution in [3.8, 4) is 0 Å². The van der Waals surface area contributed by atoms with Crippen molar-refractivity contribution >= 4 is 17.3 Å². The van der Waals surface area contributed by atoms with Crippen LogP contribution in [0.25, 0.3) is 0 Å². The lowest BCUT2D eigenvalue weighted by atomic mass is 9.39. The zero-order valence-electron chi connectivity index (χ0n) is 27.3. The molecule has 1 saturated carbocycles. The van der Waals surface area contributed by atoms with Crippen LogP contribution >= 0.6 is 0 Å². The average molecular weight is 571 g/mol. The first-order chi connectivity index (χ1) is 19.6. The summed E-state index contributed by atoms with van der Waals surface area (Å²) in [4.78, 5) is 45.0. The molecule has 2 aliphatic carbocycles. The number of ketones is 3. The molecular formula is C38H50O4. The van der Waals surface area contributed by atoms with Crippen LogP contribution in [0.15, 0.2) is 76.6 Å². The maximum absolute atomic E-state index is 15.3. The molecule has 3 aliphatic rings. The highest BCUT2D eigenvalue weighted by Gasteiger charge is 2.75. The molecule has 3 atom stereocenters. The first-order valence-corrected chi connectivity index (χ1v) is 15.6. The highest BCUT2D eigenvalue weighted by molar-refractivity contribution is 6.36. The van der Waals surface area contributed by atoms with Crippen LogP contribution in [0.4, 0.5) is 0 Å². The van der Waals surface area contributed by atoms with Crippen molar-refractivity contribution in [2.24, 2.45) is 22.2 Å². The van der Waals surface area contributed by atoms with Gasteiger partial charge < -0.3 is 4.74 Å². The number of allylic oxidation sites excluding steroid dienone is 8. The van der Waals surface area contributed by atoms with Gasteiger partial charge in [-0.2, -0.15) is 0 Å². The Kier molecular flexibility index (Phi) is 8.80. The molecule has 1 aromatic rings. The molecule has 0 spiro atoms. The molecule has 0 radical (unpaired) electrons. The van der Waals surface area contributed by atoms with Crippen molar-refractivity contribution in [3.05, 3.63) is 82.2 Å². The number of carbonyl (C=O) groups is 3. The molecule has 3 unspecified atom stereocenters. The summed E-state index contributed by atoms with van der Waals surface area (Å²) < 4.78 is 6.70. The van der Waals surface area contributed by atoms with Crippen LogP contribution in [0.3, 0.4) is 0 Å². The van der Waals surface area contributed by atoms with Crippen molar-refractivity contribution < 1.29 is 19.1 Å². The summed E-state index contributed by atoms with van der Waals surface area (Å²) in [5.74, 6) is -0.508. The van der Waals surface area contributed by atoms with Gasteiger partial charge in [-0.1, -0.05) is 79.1 Å². The predicted octanol–water partition coefficient (Wildman–Crippen LogP) is 9.32. The van der Waals surface area contributed by atoms with E-state index in [9.17, 15) is 9.59 Å². The lowest BCUT2D eigenvalue weighted by molar-refractivity contribution is -0.170.